The van der Waals surface area contributed by atoms with Crippen LogP contribution >= 0.6 is 0 Å². The summed E-state index contributed by atoms with van der Waals surface area (Å²) >= 11 is 0. The minimum atomic E-state index is -1.71. The molecule has 0 spiro atoms. The van der Waals surface area contributed by atoms with Crippen molar-refractivity contribution in [2.24, 2.45) is 5.73 Å². The van der Waals surface area contributed by atoms with Gasteiger partial charge in [0, 0.05) is 19.3 Å². The molecular weight excluding hydrogens is 540 g/mol. The van der Waals surface area contributed by atoms with Gasteiger partial charge in [-0.2, -0.15) is 0 Å². The number of aliphatic carboxylic acids is 3. The van der Waals surface area contributed by atoms with E-state index in [0.717, 1.165) is 0 Å². The number of amides is 3. The third-order valence-corrected chi connectivity index (χ3v) is 5.92. The summed E-state index contributed by atoms with van der Waals surface area (Å²) < 4.78 is 0. The van der Waals surface area contributed by atoms with Gasteiger partial charge in [0.1, 0.15) is 23.9 Å². The summed E-state index contributed by atoms with van der Waals surface area (Å²) in [5.74, 6) is -6.96. The van der Waals surface area contributed by atoms with Crippen molar-refractivity contribution in [2.75, 3.05) is 0 Å². The quantitative estimate of drug-likeness (QED) is 0.126. The molecule has 0 aliphatic rings. The molecule has 0 saturated carbocycles. The van der Waals surface area contributed by atoms with Crippen molar-refractivity contribution in [1.29, 1.82) is 0 Å². The highest BCUT2D eigenvalue weighted by atomic mass is 16.4. The molecule has 0 aliphatic heterocycles. The van der Waals surface area contributed by atoms with Gasteiger partial charge in [0.05, 0.1) is 12.5 Å². The van der Waals surface area contributed by atoms with Crippen molar-refractivity contribution in [2.45, 2.75) is 56.3 Å². The van der Waals surface area contributed by atoms with Crippen LogP contribution in [0.1, 0.15) is 30.4 Å². The summed E-state index contributed by atoms with van der Waals surface area (Å²) in [5.41, 5.74) is 6.82. The maximum Gasteiger partial charge on any atom is 0.326 e. The van der Waals surface area contributed by atoms with E-state index in [9.17, 15) is 44.1 Å². The van der Waals surface area contributed by atoms with Crippen molar-refractivity contribution in [3.05, 3.63) is 65.7 Å². The monoisotopic (exact) mass is 572 g/mol. The van der Waals surface area contributed by atoms with Gasteiger partial charge in [0.25, 0.3) is 0 Å². The Morgan fingerprint density at radius 1 is 0.659 bits per heavy atom. The molecule has 4 atom stereocenters. The number of nitrogens with one attached hydrogen (secondary N) is 3. The molecule has 2 aromatic rings. The van der Waals surface area contributed by atoms with Crippen molar-refractivity contribution in [3.63, 3.8) is 0 Å². The van der Waals surface area contributed by atoms with E-state index in [1.165, 1.54) is 24.3 Å². The molecule has 0 aromatic heterocycles. The van der Waals surface area contributed by atoms with Gasteiger partial charge in [-0.1, -0.05) is 42.5 Å². The number of hydrogen-bond acceptors (Lipinski definition) is 8. The fourth-order valence-electron chi connectivity index (χ4n) is 3.74. The molecule has 220 valence electrons. The zero-order valence-corrected chi connectivity index (χ0v) is 21.9. The highest BCUT2D eigenvalue weighted by molar-refractivity contribution is 5.95. The minimum absolute atomic E-state index is 0.0473. The second kappa shape index (κ2) is 15.6. The van der Waals surface area contributed by atoms with Gasteiger partial charge in [-0.25, -0.2) is 4.79 Å². The number of rotatable bonds is 16. The molecule has 3 amide bonds. The summed E-state index contributed by atoms with van der Waals surface area (Å²) in [4.78, 5) is 72.9. The fourth-order valence-corrected chi connectivity index (χ4v) is 3.74. The second-order valence-electron chi connectivity index (χ2n) is 9.22. The Hall–Kier alpha value is -4.98. The number of hydrogen-bond donors (Lipinski definition) is 8. The van der Waals surface area contributed by atoms with Gasteiger partial charge in [0.2, 0.25) is 17.7 Å². The topological polar surface area (TPSA) is 245 Å². The average Bonchev–Trinajstić information content (AvgIpc) is 2.91. The number of carbonyl (C=O) groups is 6. The Balaban J connectivity index is 2.21. The highest BCUT2D eigenvalue weighted by Gasteiger charge is 2.32. The van der Waals surface area contributed by atoms with Gasteiger partial charge in [0.15, 0.2) is 0 Å². The SMILES string of the molecule is NC(CCC(=O)O)C(=O)NC(Cc1ccccc1)C(=O)NC(CC(=O)O)C(=O)NC(Cc1ccc(O)cc1)C(=O)O. The van der Waals surface area contributed by atoms with Crippen LogP contribution in [0.15, 0.2) is 54.6 Å². The van der Waals surface area contributed by atoms with E-state index in [-0.39, 0.29) is 31.4 Å². The molecular formula is C27H32N4O10. The normalized spacial score (nSPS) is 13.6. The van der Waals surface area contributed by atoms with Crippen molar-refractivity contribution in [3.8, 4) is 5.75 Å². The molecule has 2 rings (SSSR count). The molecule has 0 fully saturated rings. The molecule has 4 unspecified atom stereocenters. The zero-order chi connectivity index (χ0) is 30.5. The van der Waals surface area contributed by atoms with Crippen LogP contribution in [0.3, 0.4) is 0 Å². The van der Waals surface area contributed by atoms with E-state index in [4.69, 9.17) is 10.8 Å². The number of benzene rings is 2. The fraction of sp³-hybridized carbons (Fsp3) is 0.333. The number of carboxylic acid groups (broad SMARTS) is 3. The Bertz CT molecular complexity index is 1240. The van der Waals surface area contributed by atoms with E-state index < -0.39 is 66.2 Å². The van der Waals surface area contributed by atoms with Crippen molar-refractivity contribution >= 4 is 35.6 Å². The number of phenols is 1. The molecule has 0 heterocycles. The molecule has 41 heavy (non-hydrogen) atoms. The van der Waals surface area contributed by atoms with Crippen LogP contribution < -0.4 is 21.7 Å². The summed E-state index contributed by atoms with van der Waals surface area (Å²) in [5, 5.41) is 44.1. The lowest BCUT2D eigenvalue weighted by molar-refractivity contribution is -0.143. The summed E-state index contributed by atoms with van der Waals surface area (Å²) in [6.07, 6.45) is -1.77. The Morgan fingerprint density at radius 3 is 1.73 bits per heavy atom. The maximum absolute atomic E-state index is 13.2. The minimum Gasteiger partial charge on any atom is -0.508 e. The van der Waals surface area contributed by atoms with Crippen LogP contribution in [-0.4, -0.2) is 80.2 Å². The first-order valence-corrected chi connectivity index (χ1v) is 12.5. The molecule has 0 radical (unpaired) electrons. The summed E-state index contributed by atoms with van der Waals surface area (Å²) in [6.45, 7) is 0. The van der Waals surface area contributed by atoms with Crippen LogP contribution in [0.5, 0.6) is 5.75 Å². The lowest BCUT2D eigenvalue weighted by atomic mass is 10.0. The molecule has 2 aromatic carbocycles. The number of carboxylic acids is 3. The predicted octanol–water partition coefficient (Wildman–Crippen LogP) is -0.617. The van der Waals surface area contributed by atoms with E-state index >= 15 is 0 Å². The lowest BCUT2D eigenvalue weighted by Crippen LogP contribution is -2.58. The summed E-state index contributed by atoms with van der Waals surface area (Å²) in [7, 11) is 0. The van der Waals surface area contributed by atoms with E-state index in [2.05, 4.69) is 16.0 Å². The first-order valence-electron chi connectivity index (χ1n) is 12.5. The molecule has 9 N–H and O–H groups in total. The molecule has 0 bridgehead atoms. The van der Waals surface area contributed by atoms with Crippen molar-refractivity contribution < 1.29 is 49.2 Å². The van der Waals surface area contributed by atoms with Gasteiger partial charge >= 0.3 is 17.9 Å². The lowest BCUT2D eigenvalue weighted by Gasteiger charge is -2.25. The summed E-state index contributed by atoms with van der Waals surface area (Å²) in [6, 6.07) is 8.20. The third-order valence-electron chi connectivity index (χ3n) is 5.92. The van der Waals surface area contributed by atoms with Crippen LogP contribution in [0.25, 0.3) is 0 Å². The first kappa shape index (κ1) is 32.2. The highest BCUT2D eigenvalue weighted by Crippen LogP contribution is 2.12. The average molecular weight is 573 g/mol. The van der Waals surface area contributed by atoms with Crippen LogP contribution in [0.4, 0.5) is 0 Å². The Morgan fingerprint density at radius 2 is 1.17 bits per heavy atom. The number of nitrogens with two attached hydrogens (primary N) is 1. The van der Waals surface area contributed by atoms with Crippen LogP contribution in [0.2, 0.25) is 0 Å². The van der Waals surface area contributed by atoms with E-state index in [1.54, 1.807) is 30.3 Å². The number of carbonyl (C=O) groups excluding carboxylic acids is 3. The van der Waals surface area contributed by atoms with E-state index in [1.807, 2.05) is 0 Å². The first-order chi connectivity index (χ1) is 19.3. The molecule has 14 heteroatoms. The zero-order valence-electron chi connectivity index (χ0n) is 21.9. The smallest absolute Gasteiger partial charge is 0.326 e. The molecule has 0 saturated heterocycles. The van der Waals surface area contributed by atoms with E-state index in [0.29, 0.717) is 11.1 Å². The Kier molecular flexibility index (Phi) is 12.2. The second-order valence-corrected chi connectivity index (χ2v) is 9.22. The standard InChI is InChI=1S/C27H32N4O10/c28-18(10-11-22(33)34)24(37)29-19(12-15-4-2-1-3-5-15)25(38)30-20(14-23(35)36)26(39)31-21(27(40)41)13-16-6-8-17(32)9-7-16/h1-9,18-21,32H,10-14,28H2,(H,29,37)(H,30,38)(H,31,39)(H,33,34)(H,35,36)(H,40,41). The maximum atomic E-state index is 13.2. The van der Waals surface area contributed by atoms with Crippen LogP contribution in [0, 0.1) is 0 Å². The van der Waals surface area contributed by atoms with Gasteiger partial charge in [-0.15, -0.1) is 0 Å². The van der Waals surface area contributed by atoms with Gasteiger partial charge in [-0.05, 0) is 29.7 Å². The number of aromatic hydroxyl groups is 1. The Labute approximate surface area is 234 Å². The molecule has 0 aliphatic carbocycles. The van der Waals surface area contributed by atoms with Crippen molar-refractivity contribution in [1.82, 2.24) is 16.0 Å². The predicted molar refractivity (Wildman–Crippen MR) is 142 cm³/mol. The van der Waals surface area contributed by atoms with Crippen LogP contribution in [-0.2, 0) is 41.6 Å². The third kappa shape index (κ3) is 11.3. The molecule has 14 nitrogen and oxygen atoms in total. The van der Waals surface area contributed by atoms with Gasteiger partial charge in [-0.3, -0.25) is 24.0 Å². The number of phenolic OH excluding ortho intramolecular Hbond substituents is 1. The van der Waals surface area contributed by atoms with Gasteiger partial charge < -0.3 is 42.1 Å². The largest absolute Gasteiger partial charge is 0.508 e.